The lowest BCUT2D eigenvalue weighted by atomic mass is 10.2. The highest BCUT2D eigenvalue weighted by Crippen LogP contribution is 2.18. The monoisotopic (exact) mass is 338 g/mol. The summed E-state index contributed by atoms with van der Waals surface area (Å²) in [6, 6.07) is 7.99. The Kier molecular flexibility index (Phi) is 5.09. The zero-order chi connectivity index (χ0) is 17.8. The maximum atomic E-state index is 11.2. The molecule has 1 N–H and O–H groups in total. The van der Waals surface area contributed by atoms with Crippen molar-refractivity contribution in [1.29, 1.82) is 0 Å². The van der Waals surface area contributed by atoms with Crippen LogP contribution >= 0.6 is 0 Å². The Hall–Kier alpha value is -2.73. The number of carbonyl (C=O) groups is 1. The van der Waals surface area contributed by atoms with Crippen LogP contribution in [0, 0.1) is 6.92 Å². The largest absolute Gasteiger partial charge is 0.481 e. The Morgan fingerprint density at radius 1 is 1.28 bits per heavy atom. The number of pyridine rings is 2. The molecule has 3 rings (SSSR count). The third-order valence-electron chi connectivity index (χ3n) is 4.30. The Balaban J connectivity index is 1.81. The van der Waals surface area contributed by atoms with E-state index in [-0.39, 0.29) is 6.42 Å². The SMILES string of the molecule is Cc1cccn2c(CN(C)CCc3ccncc3)c(CC(=O)O)nc12. The number of hydrogen-bond acceptors (Lipinski definition) is 4. The Morgan fingerprint density at radius 3 is 2.76 bits per heavy atom. The highest BCUT2D eigenvalue weighted by molar-refractivity contribution is 5.70. The molecule has 6 nitrogen and oxygen atoms in total. The Bertz CT molecular complexity index is 874. The second kappa shape index (κ2) is 7.44. The van der Waals surface area contributed by atoms with E-state index in [1.165, 1.54) is 5.56 Å². The summed E-state index contributed by atoms with van der Waals surface area (Å²) in [5.41, 5.74) is 4.69. The summed E-state index contributed by atoms with van der Waals surface area (Å²) in [4.78, 5) is 22.0. The third-order valence-corrected chi connectivity index (χ3v) is 4.30. The van der Waals surface area contributed by atoms with Crippen molar-refractivity contribution >= 4 is 11.6 Å². The summed E-state index contributed by atoms with van der Waals surface area (Å²) in [7, 11) is 2.04. The minimum absolute atomic E-state index is 0.0609. The average molecular weight is 338 g/mol. The highest BCUT2D eigenvalue weighted by atomic mass is 16.4. The van der Waals surface area contributed by atoms with Crippen molar-refractivity contribution < 1.29 is 9.90 Å². The molecule has 0 aromatic carbocycles. The van der Waals surface area contributed by atoms with Gasteiger partial charge in [0, 0.05) is 31.7 Å². The molecule has 6 heteroatoms. The molecular weight excluding hydrogens is 316 g/mol. The predicted molar refractivity (Wildman–Crippen MR) is 95.5 cm³/mol. The molecule has 25 heavy (non-hydrogen) atoms. The van der Waals surface area contributed by atoms with Gasteiger partial charge in [0.15, 0.2) is 0 Å². The van der Waals surface area contributed by atoms with Gasteiger partial charge in [0.05, 0.1) is 17.8 Å². The van der Waals surface area contributed by atoms with Crippen molar-refractivity contribution in [3.63, 3.8) is 0 Å². The van der Waals surface area contributed by atoms with E-state index in [1.54, 1.807) is 12.4 Å². The number of carboxylic acids is 1. The van der Waals surface area contributed by atoms with E-state index in [4.69, 9.17) is 0 Å². The summed E-state index contributed by atoms with van der Waals surface area (Å²) in [6.07, 6.45) is 6.41. The lowest BCUT2D eigenvalue weighted by Crippen LogP contribution is -2.22. The molecule has 0 saturated carbocycles. The Morgan fingerprint density at radius 2 is 2.04 bits per heavy atom. The first-order chi connectivity index (χ1) is 12.0. The molecule has 3 heterocycles. The van der Waals surface area contributed by atoms with E-state index >= 15 is 0 Å². The summed E-state index contributed by atoms with van der Waals surface area (Å²) in [6.45, 7) is 3.51. The minimum atomic E-state index is -0.859. The van der Waals surface area contributed by atoms with Crippen LogP contribution in [-0.4, -0.2) is 43.9 Å². The molecule has 0 spiro atoms. The summed E-state index contributed by atoms with van der Waals surface area (Å²) in [5.74, 6) is -0.859. The van der Waals surface area contributed by atoms with Crippen molar-refractivity contribution in [2.75, 3.05) is 13.6 Å². The zero-order valence-electron chi connectivity index (χ0n) is 14.5. The van der Waals surface area contributed by atoms with Crippen LogP contribution in [-0.2, 0) is 24.2 Å². The van der Waals surface area contributed by atoms with Gasteiger partial charge in [0.25, 0.3) is 0 Å². The molecule has 0 aliphatic carbocycles. The molecule has 0 fully saturated rings. The van der Waals surface area contributed by atoms with Crippen LogP contribution in [0.25, 0.3) is 5.65 Å². The van der Waals surface area contributed by atoms with Gasteiger partial charge >= 0.3 is 5.97 Å². The lowest BCUT2D eigenvalue weighted by molar-refractivity contribution is -0.136. The minimum Gasteiger partial charge on any atom is -0.481 e. The van der Waals surface area contributed by atoms with Gasteiger partial charge in [-0.3, -0.25) is 9.78 Å². The maximum absolute atomic E-state index is 11.2. The predicted octanol–water partition coefficient (Wildman–Crippen LogP) is 2.34. The number of carboxylic acid groups (broad SMARTS) is 1. The number of aromatic nitrogens is 3. The fourth-order valence-corrected chi connectivity index (χ4v) is 2.96. The first kappa shape index (κ1) is 17.1. The van der Waals surface area contributed by atoms with Crippen molar-refractivity contribution in [2.45, 2.75) is 26.3 Å². The molecule has 130 valence electrons. The van der Waals surface area contributed by atoms with Crippen LogP contribution in [0.4, 0.5) is 0 Å². The van der Waals surface area contributed by atoms with Crippen molar-refractivity contribution in [3.05, 3.63) is 65.4 Å². The molecule has 0 aliphatic heterocycles. The standard InChI is InChI=1S/C19H22N4O2/c1-14-4-3-10-23-17(16(12-18(24)25)21-19(14)23)13-22(2)11-7-15-5-8-20-9-6-15/h3-6,8-10H,7,11-13H2,1-2H3,(H,24,25). The fourth-order valence-electron chi connectivity index (χ4n) is 2.96. The first-order valence-electron chi connectivity index (χ1n) is 8.29. The van der Waals surface area contributed by atoms with E-state index in [0.717, 1.165) is 29.9 Å². The number of nitrogens with zero attached hydrogens (tertiary/aromatic N) is 4. The van der Waals surface area contributed by atoms with Crippen LogP contribution in [0.5, 0.6) is 0 Å². The van der Waals surface area contributed by atoms with E-state index in [0.29, 0.717) is 12.2 Å². The van der Waals surface area contributed by atoms with E-state index in [9.17, 15) is 9.90 Å². The maximum Gasteiger partial charge on any atom is 0.309 e. The molecular formula is C19H22N4O2. The van der Waals surface area contributed by atoms with Crippen molar-refractivity contribution in [3.8, 4) is 0 Å². The van der Waals surface area contributed by atoms with Crippen LogP contribution in [0.1, 0.15) is 22.5 Å². The van der Waals surface area contributed by atoms with Gasteiger partial charge in [-0.25, -0.2) is 4.98 Å². The summed E-state index contributed by atoms with van der Waals surface area (Å²) >= 11 is 0. The van der Waals surface area contributed by atoms with Crippen LogP contribution in [0.2, 0.25) is 0 Å². The van der Waals surface area contributed by atoms with Gasteiger partial charge in [-0.05, 0) is 49.7 Å². The molecule has 0 unspecified atom stereocenters. The van der Waals surface area contributed by atoms with Gasteiger partial charge < -0.3 is 14.4 Å². The average Bonchev–Trinajstić information content (AvgIpc) is 2.92. The molecule has 0 bridgehead atoms. The number of aliphatic carboxylic acids is 1. The summed E-state index contributed by atoms with van der Waals surface area (Å²) in [5, 5.41) is 9.20. The fraction of sp³-hybridized carbons (Fsp3) is 0.316. The molecule has 0 aliphatic rings. The number of imidazole rings is 1. The normalized spacial score (nSPS) is 11.3. The third kappa shape index (κ3) is 4.03. The van der Waals surface area contributed by atoms with Gasteiger partial charge in [-0.1, -0.05) is 6.07 Å². The number of fused-ring (bicyclic) bond motifs is 1. The number of likely N-dealkylation sites (N-methyl/N-ethyl adjacent to an activating group) is 1. The molecule has 3 aromatic heterocycles. The van der Waals surface area contributed by atoms with Gasteiger partial charge in [0.2, 0.25) is 0 Å². The summed E-state index contributed by atoms with van der Waals surface area (Å²) < 4.78 is 2.01. The van der Waals surface area contributed by atoms with Crippen LogP contribution < -0.4 is 0 Å². The van der Waals surface area contributed by atoms with E-state index < -0.39 is 5.97 Å². The molecule has 0 amide bonds. The van der Waals surface area contributed by atoms with Gasteiger partial charge in [0.1, 0.15) is 5.65 Å². The smallest absolute Gasteiger partial charge is 0.309 e. The quantitative estimate of drug-likeness (QED) is 0.716. The van der Waals surface area contributed by atoms with E-state index in [2.05, 4.69) is 14.9 Å². The van der Waals surface area contributed by atoms with Crippen molar-refractivity contribution in [2.24, 2.45) is 0 Å². The zero-order valence-corrected chi connectivity index (χ0v) is 14.5. The van der Waals surface area contributed by atoms with Crippen LogP contribution in [0.3, 0.4) is 0 Å². The molecule has 0 saturated heterocycles. The number of rotatable bonds is 7. The van der Waals surface area contributed by atoms with Crippen molar-refractivity contribution in [1.82, 2.24) is 19.3 Å². The number of hydrogen-bond donors (Lipinski definition) is 1. The van der Waals surface area contributed by atoms with Gasteiger partial charge in [-0.15, -0.1) is 0 Å². The second-order valence-corrected chi connectivity index (χ2v) is 6.30. The van der Waals surface area contributed by atoms with Crippen LogP contribution in [0.15, 0.2) is 42.9 Å². The van der Waals surface area contributed by atoms with Gasteiger partial charge in [-0.2, -0.15) is 0 Å². The van der Waals surface area contributed by atoms with E-state index in [1.807, 2.05) is 48.8 Å². The number of aryl methyl sites for hydroxylation is 1. The lowest BCUT2D eigenvalue weighted by Gasteiger charge is -2.17. The molecule has 0 atom stereocenters. The first-order valence-corrected chi connectivity index (χ1v) is 8.29. The topological polar surface area (TPSA) is 70.7 Å². The molecule has 0 radical (unpaired) electrons. The molecule has 3 aromatic rings. The highest BCUT2D eigenvalue weighted by Gasteiger charge is 2.17. The Labute approximate surface area is 146 Å². The second-order valence-electron chi connectivity index (χ2n) is 6.30.